The van der Waals surface area contributed by atoms with Gasteiger partial charge < -0.3 is 15.4 Å². The lowest BCUT2D eigenvalue weighted by molar-refractivity contribution is 0.111. The SMILES string of the molecule is C#Cc1nc(Nc2ccc(Oc3cccnc3C)c(F)c2)c2ccccc2n1.C1CC2NCC12. The van der Waals surface area contributed by atoms with Crippen LogP contribution in [0.3, 0.4) is 0 Å². The Hall–Kier alpha value is -4.02. The number of rotatable bonds is 4. The van der Waals surface area contributed by atoms with Gasteiger partial charge in [-0.2, -0.15) is 0 Å². The van der Waals surface area contributed by atoms with Crippen LogP contribution in [0.5, 0.6) is 11.5 Å². The van der Waals surface area contributed by atoms with E-state index in [2.05, 4.69) is 31.5 Å². The van der Waals surface area contributed by atoms with Gasteiger partial charge in [0.2, 0.25) is 5.82 Å². The molecule has 6 rings (SSSR count). The van der Waals surface area contributed by atoms with Crippen LogP contribution in [0.4, 0.5) is 15.9 Å². The van der Waals surface area contributed by atoms with E-state index >= 15 is 0 Å². The van der Waals surface area contributed by atoms with Crippen LogP contribution in [0.1, 0.15) is 24.4 Å². The van der Waals surface area contributed by atoms with Gasteiger partial charge in [-0.3, -0.25) is 4.98 Å². The van der Waals surface area contributed by atoms with Gasteiger partial charge in [0.1, 0.15) is 11.6 Å². The highest BCUT2D eigenvalue weighted by Gasteiger charge is 2.37. The number of hydrogen-bond acceptors (Lipinski definition) is 6. The third kappa shape index (κ3) is 4.54. The zero-order valence-corrected chi connectivity index (χ0v) is 18.8. The molecule has 1 aliphatic heterocycles. The Balaban J connectivity index is 0.000000343. The third-order valence-corrected chi connectivity index (χ3v) is 6.17. The van der Waals surface area contributed by atoms with Crippen molar-refractivity contribution in [1.82, 2.24) is 20.3 Å². The maximum Gasteiger partial charge on any atom is 0.207 e. The number of piperidine rings is 1. The second-order valence-electron chi connectivity index (χ2n) is 8.37. The van der Waals surface area contributed by atoms with Crippen molar-refractivity contribution >= 4 is 22.4 Å². The quantitative estimate of drug-likeness (QED) is 0.406. The van der Waals surface area contributed by atoms with Gasteiger partial charge in [0.05, 0.1) is 11.2 Å². The first kappa shape index (κ1) is 21.8. The summed E-state index contributed by atoms with van der Waals surface area (Å²) in [5, 5.41) is 7.24. The number of aromatic nitrogens is 3. The van der Waals surface area contributed by atoms with Gasteiger partial charge >= 0.3 is 0 Å². The molecule has 2 aromatic carbocycles. The molecule has 2 aliphatic rings. The molecule has 2 aromatic heterocycles. The number of pyridine rings is 1. The molecule has 0 amide bonds. The summed E-state index contributed by atoms with van der Waals surface area (Å²) in [4.78, 5) is 12.8. The zero-order valence-electron chi connectivity index (χ0n) is 18.8. The molecule has 2 N–H and O–H groups in total. The maximum absolute atomic E-state index is 14.6. The summed E-state index contributed by atoms with van der Waals surface area (Å²) >= 11 is 0. The molecule has 2 atom stereocenters. The van der Waals surface area contributed by atoms with Crippen molar-refractivity contribution in [2.24, 2.45) is 5.92 Å². The molecular formula is C27H24FN5O. The summed E-state index contributed by atoms with van der Waals surface area (Å²) in [5.74, 6) is 4.41. The first-order chi connectivity index (χ1) is 16.6. The standard InChI is InChI=1S/C22H15FN4O.C5H9N/c1-3-21-26-18-8-5-4-7-16(18)22(27-21)25-15-10-11-20(17(23)13-15)28-19-9-6-12-24-14(19)2;1-2-5-4(1)3-6-5/h1,4-13H,2H3,(H,25,26,27);4-6H,1-3H2. The van der Waals surface area contributed by atoms with E-state index in [1.807, 2.05) is 24.3 Å². The minimum Gasteiger partial charge on any atom is -0.452 e. The molecule has 3 heterocycles. The summed E-state index contributed by atoms with van der Waals surface area (Å²) < 4.78 is 20.2. The van der Waals surface area contributed by atoms with Crippen LogP contribution in [0.25, 0.3) is 10.9 Å². The molecule has 34 heavy (non-hydrogen) atoms. The summed E-state index contributed by atoms with van der Waals surface area (Å²) in [6, 6.07) is 16.5. The van der Waals surface area contributed by atoms with Crippen LogP contribution in [0.15, 0.2) is 60.8 Å². The van der Waals surface area contributed by atoms with Crippen molar-refractivity contribution < 1.29 is 9.13 Å². The number of anilines is 2. The number of nitrogens with zero attached hydrogens (tertiary/aromatic N) is 3. The fourth-order valence-corrected chi connectivity index (χ4v) is 3.95. The number of terminal acetylenes is 1. The average Bonchev–Trinajstić information content (AvgIpc) is 2.84. The molecular weight excluding hydrogens is 429 g/mol. The minimum atomic E-state index is -0.510. The Bertz CT molecular complexity index is 1370. The molecule has 0 spiro atoms. The summed E-state index contributed by atoms with van der Waals surface area (Å²) in [6.45, 7) is 3.11. The normalized spacial score (nSPS) is 17.8. The molecule has 1 saturated carbocycles. The Labute approximate surface area is 197 Å². The number of fused-ring (bicyclic) bond motifs is 2. The van der Waals surface area contributed by atoms with Crippen molar-refractivity contribution in [3.63, 3.8) is 0 Å². The van der Waals surface area contributed by atoms with Gasteiger partial charge in [-0.25, -0.2) is 14.4 Å². The molecule has 0 radical (unpaired) electrons. The molecule has 4 aromatic rings. The monoisotopic (exact) mass is 453 g/mol. The number of ether oxygens (including phenoxy) is 1. The van der Waals surface area contributed by atoms with Crippen molar-refractivity contribution in [2.45, 2.75) is 25.8 Å². The van der Waals surface area contributed by atoms with Crippen molar-refractivity contribution in [3.8, 4) is 23.8 Å². The van der Waals surface area contributed by atoms with Gasteiger partial charge in [0.25, 0.3) is 0 Å². The van der Waals surface area contributed by atoms with Crippen molar-refractivity contribution in [3.05, 3.63) is 78.1 Å². The van der Waals surface area contributed by atoms with Crippen LogP contribution >= 0.6 is 0 Å². The van der Waals surface area contributed by atoms with E-state index in [0.29, 0.717) is 28.5 Å². The topological polar surface area (TPSA) is 72.0 Å². The van der Waals surface area contributed by atoms with E-state index in [9.17, 15) is 4.39 Å². The lowest BCUT2D eigenvalue weighted by Gasteiger charge is -2.47. The number of halogens is 1. The first-order valence-corrected chi connectivity index (χ1v) is 11.2. The zero-order chi connectivity index (χ0) is 23.5. The van der Waals surface area contributed by atoms with E-state index in [0.717, 1.165) is 17.3 Å². The highest BCUT2D eigenvalue weighted by atomic mass is 19.1. The fourth-order valence-electron chi connectivity index (χ4n) is 3.95. The molecule has 6 nitrogen and oxygen atoms in total. The number of hydrogen-bond donors (Lipinski definition) is 2. The number of aryl methyl sites for hydroxylation is 1. The second kappa shape index (κ2) is 9.46. The lowest BCUT2D eigenvalue weighted by atomic mass is 9.74. The number of nitrogens with one attached hydrogen (secondary N) is 2. The highest BCUT2D eigenvalue weighted by molar-refractivity contribution is 5.91. The van der Waals surface area contributed by atoms with Crippen molar-refractivity contribution in [1.29, 1.82) is 0 Å². The molecule has 2 fully saturated rings. The van der Waals surface area contributed by atoms with Crippen LogP contribution in [0.2, 0.25) is 0 Å². The molecule has 2 unspecified atom stereocenters. The van der Waals surface area contributed by atoms with Gasteiger partial charge in [-0.1, -0.05) is 12.1 Å². The van der Waals surface area contributed by atoms with Crippen LogP contribution < -0.4 is 15.4 Å². The van der Waals surface area contributed by atoms with Crippen LogP contribution in [0, 0.1) is 31.0 Å². The van der Waals surface area contributed by atoms with Crippen LogP contribution in [-0.4, -0.2) is 27.5 Å². The highest BCUT2D eigenvalue weighted by Crippen LogP contribution is 2.33. The maximum atomic E-state index is 14.6. The Morgan fingerprint density at radius 1 is 1.09 bits per heavy atom. The van der Waals surface area contributed by atoms with E-state index in [-0.39, 0.29) is 11.6 Å². The molecule has 0 bridgehead atoms. The Morgan fingerprint density at radius 2 is 1.94 bits per heavy atom. The third-order valence-electron chi connectivity index (χ3n) is 6.17. The average molecular weight is 454 g/mol. The van der Waals surface area contributed by atoms with E-state index in [1.165, 1.54) is 25.5 Å². The fraction of sp³-hybridized carbons (Fsp3) is 0.222. The Morgan fingerprint density at radius 3 is 2.59 bits per heavy atom. The number of benzene rings is 2. The van der Waals surface area contributed by atoms with Crippen molar-refractivity contribution in [2.75, 3.05) is 11.9 Å². The predicted molar refractivity (Wildman–Crippen MR) is 131 cm³/mol. The Kier molecular flexibility index (Phi) is 6.07. The molecule has 170 valence electrons. The predicted octanol–water partition coefficient (Wildman–Crippen LogP) is 5.36. The smallest absolute Gasteiger partial charge is 0.207 e. The largest absolute Gasteiger partial charge is 0.452 e. The van der Waals surface area contributed by atoms with E-state index < -0.39 is 5.82 Å². The second-order valence-corrected chi connectivity index (χ2v) is 8.37. The summed E-state index contributed by atoms with van der Waals surface area (Å²) in [5.41, 5.74) is 1.90. The van der Waals surface area contributed by atoms with E-state index in [1.54, 1.807) is 37.4 Å². The van der Waals surface area contributed by atoms with Gasteiger partial charge in [0, 0.05) is 29.4 Å². The van der Waals surface area contributed by atoms with Gasteiger partial charge in [-0.15, -0.1) is 6.42 Å². The first-order valence-electron chi connectivity index (χ1n) is 11.2. The van der Waals surface area contributed by atoms with E-state index in [4.69, 9.17) is 11.2 Å². The summed E-state index contributed by atoms with van der Waals surface area (Å²) in [6.07, 6.45) is 10.0. The molecule has 7 heteroatoms. The lowest BCUT2D eigenvalue weighted by Crippen LogP contribution is -2.59. The van der Waals surface area contributed by atoms with Gasteiger partial charge in [0.15, 0.2) is 11.6 Å². The molecule has 1 saturated heterocycles. The molecule has 1 aliphatic carbocycles. The minimum absolute atomic E-state index is 0.110. The van der Waals surface area contributed by atoms with Crippen LogP contribution in [-0.2, 0) is 0 Å². The number of para-hydroxylation sites is 1. The van der Waals surface area contributed by atoms with Gasteiger partial charge in [-0.05, 0) is 74.5 Å². The summed E-state index contributed by atoms with van der Waals surface area (Å²) in [7, 11) is 0.